The van der Waals surface area contributed by atoms with E-state index in [0.29, 0.717) is 4.88 Å². The summed E-state index contributed by atoms with van der Waals surface area (Å²) in [7, 11) is 0. The molecule has 80 valence electrons. The van der Waals surface area contributed by atoms with Crippen LogP contribution >= 0.6 is 11.3 Å². The summed E-state index contributed by atoms with van der Waals surface area (Å²) in [5.74, 6) is -1.50. The van der Waals surface area contributed by atoms with E-state index in [4.69, 9.17) is 5.11 Å². The minimum absolute atomic E-state index is 0.194. The maximum absolute atomic E-state index is 11.5. The Balaban J connectivity index is 2.62. The summed E-state index contributed by atoms with van der Waals surface area (Å²) >= 11 is 1.16. The van der Waals surface area contributed by atoms with Gasteiger partial charge in [-0.05, 0) is 6.42 Å². The zero-order valence-electron chi connectivity index (χ0n) is 7.84. The minimum Gasteiger partial charge on any atom is -0.480 e. The quantitative estimate of drug-likeness (QED) is 0.731. The molecule has 1 heterocycles. The first-order chi connectivity index (χ1) is 7.15. The van der Waals surface area contributed by atoms with Gasteiger partial charge in [-0.25, -0.2) is 4.79 Å². The Hall–Kier alpha value is -1.69. The topological polar surface area (TPSA) is 79.3 Å². The summed E-state index contributed by atoms with van der Waals surface area (Å²) in [6, 6.07) is -0.933. The van der Waals surface area contributed by atoms with Crippen molar-refractivity contribution in [1.82, 2.24) is 10.3 Å². The van der Waals surface area contributed by atoms with Crippen LogP contribution in [0, 0.1) is 0 Å². The van der Waals surface area contributed by atoms with Crippen molar-refractivity contribution in [3.8, 4) is 0 Å². The van der Waals surface area contributed by atoms with Crippen molar-refractivity contribution >= 4 is 23.2 Å². The molecule has 1 aromatic heterocycles. The van der Waals surface area contributed by atoms with Gasteiger partial charge in [0.1, 0.15) is 10.9 Å². The molecule has 0 radical (unpaired) electrons. The summed E-state index contributed by atoms with van der Waals surface area (Å²) < 4.78 is 0. The maximum Gasteiger partial charge on any atom is 0.326 e. The Morgan fingerprint density at radius 3 is 2.93 bits per heavy atom. The van der Waals surface area contributed by atoms with Crippen molar-refractivity contribution in [3.63, 3.8) is 0 Å². The standard InChI is InChI=1S/C9H10N2O3S/c1-2-3-6(9(13)14)11-8(12)7-4-10-5-15-7/h2,4-6H,1,3H2,(H,11,12)(H,13,14). The summed E-state index contributed by atoms with van der Waals surface area (Å²) in [6.07, 6.45) is 3.04. The fraction of sp³-hybridized carbons (Fsp3) is 0.222. The summed E-state index contributed by atoms with van der Waals surface area (Å²) in [5.41, 5.74) is 1.51. The molecule has 0 aromatic carbocycles. The SMILES string of the molecule is C=CCC(NC(=O)c1cncs1)C(=O)O. The van der Waals surface area contributed by atoms with E-state index in [9.17, 15) is 9.59 Å². The van der Waals surface area contributed by atoms with Crippen molar-refractivity contribution in [2.24, 2.45) is 0 Å². The molecule has 1 amide bonds. The number of aromatic nitrogens is 1. The number of carboxylic acid groups (broad SMARTS) is 1. The first kappa shape index (κ1) is 11.4. The molecule has 5 nitrogen and oxygen atoms in total. The first-order valence-corrected chi connectivity index (χ1v) is 5.06. The van der Waals surface area contributed by atoms with E-state index < -0.39 is 17.9 Å². The van der Waals surface area contributed by atoms with Crippen LogP contribution in [0.15, 0.2) is 24.4 Å². The van der Waals surface area contributed by atoms with E-state index in [1.807, 2.05) is 0 Å². The van der Waals surface area contributed by atoms with E-state index in [1.165, 1.54) is 17.8 Å². The van der Waals surface area contributed by atoms with Crippen LogP contribution in [0.2, 0.25) is 0 Å². The van der Waals surface area contributed by atoms with Crippen molar-refractivity contribution in [2.75, 3.05) is 0 Å². The van der Waals surface area contributed by atoms with Gasteiger partial charge in [0.2, 0.25) is 0 Å². The summed E-state index contributed by atoms with van der Waals surface area (Å²) in [6.45, 7) is 3.43. The predicted octanol–water partition coefficient (Wildman–Crippen LogP) is 0.902. The molecule has 2 N–H and O–H groups in total. The number of hydrogen-bond donors (Lipinski definition) is 2. The molecule has 0 aliphatic heterocycles. The zero-order chi connectivity index (χ0) is 11.3. The van der Waals surface area contributed by atoms with Gasteiger partial charge in [-0.1, -0.05) is 6.08 Å². The van der Waals surface area contributed by atoms with E-state index in [-0.39, 0.29) is 6.42 Å². The third kappa shape index (κ3) is 3.17. The molecule has 0 aliphatic carbocycles. The summed E-state index contributed by atoms with van der Waals surface area (Å²) in [5, 5.41) is 11.2. The van der Waals surface area contributed by atoms with Crippen LogP contribution in [-0.4, -0.2) is 28.0 Å². The minimum atomic E-state index is -1.08. The number of carboxylic acids is 1. The molecular formula is C9H10N2O3S. The highest BCUT2D eigenvalue weighted by Gasteiger charge is 2.19. The smallest absolute Gasteiger partial charge is 0.326 e. The van der Waals surface area contributed by atoms with Crippen LogP contribution < -0.4 is 5.32 Å². The van der Waals surface area contributed by atoms with Crippen LogP contribution in [0.3, 0.4) is 0 Å². The fourth-order valence-electron chi connectivity index (χ4n) is 0.945. The molecule has 1 unspecified atom stereocenters. The molecule has 0 saturated carbocycles. The van der Waals surface area contributed by atoms with Gasteiger partial charge in [-0.15, -0.1) is 17.9 Å². The van der Waals surface area contributed by atoms with Gasteiger partial charge < -0.3 is 10.4 Å². The van der Waals surface area contributed by atoms with Crippen LogP contribution in [0.1, 0.15) is 16.1 Å². The lowest BCUT2D eigenvalue weighted by Crippen LogP contribution is -2.40. The number of thiazole rings is 1. The summed E-state index contributed by atoms with van der Waals surface area (Å²) in [4.78, 5) is 26.3. The average Bonchev–Trinajstić information content (AvgIpc) is 2.69. The monoisotopic (exact) mass is 226 g/mol. The second-order valence-corrected chi connectivity index (χ2v) is 3.64. The van der Waals surface area contributed by atoms with Crippen molar-refractivity contribution < 1.29 is 14.7 Å². The van der Waals surface area contributed by atoms with E-state index in [0.717, 1.165) is 11.3 Å². The van der Waals surface area contributed by atoms with Gasteiger partial charge in [0.05, 0.1) is 11.7 Å². The Morgan fingerprint density at radius 2 is 2.47 bits per heavy atom. The lowest BCUT2D eigenvalue weighted by atomic mass is 10.2. The number of nitrogens with one attached hydrogen (secondary N) is 1. The highest BCUT2D eigenvalue weighted by Crippen LogP contribution is 2.06. The first-order valence-electron chi connectivity index (χ1n) is 4.18. The second-order valence-electron chi connectivity index (χ2n) is 2.75. The second kappa shape index (κ2) is 5.26. The molecule has 1 aromatic rings. The van der Waals surface area contributed by atoms with E-state index in [2.05, 4.69) is 16.9 Å². The molecule has 0 aliphatic rings. The Bertz CT molecular complexity index is 361. The number of amides is 1. The molecule has 1 rings (SSSR count). The molecule has 0 bridgehead atoms. The number of hydrogen-bond acceptors (Lipinski definition) is 4. The molecular weight excluding hydrogens is 216 g/mol. The molecule has 0 fully saturated rings. The number of aliphatic carboxylic acids is 1. The lowest BCUT2D eigenvalue weighted by molar-refractivity contribution is -0.139. The van der Waals surface area contributed by atoms with E-state index >= 15 is 0 Å². The third-order valence-corrected chi connectivity index (χ3v) is 2.43. The van der Waals surface area contributed by atoms with Crippen LogP contribution in [0.4, 0.5) is 0 Å². The van der Waals surface area contributed by atoms with Crippen molar-refractivity contribution in [2.45, 2.75) is 12.5 Å². The predicted molar refractivity (Wildman–Crippen MR) is 55.8 cm³/mol. The van der Waals surface area contributed by atoms with Gasteiger partial charge >= 0.3 is 5.97 Å². The average molecular weight is 226 g/mol. The number of carbonyl (C=O) groups is 2. The Morgan fingerprint density at radius 1 is 1.73 bits per heavy atom. The van der Waals surface area contributed by atoms with Gasteiger partial charge in [0.25, 0.3) is 5.91 Å². The van der Waals surface area contributed by atoms with E-state index in [1.54, 1.807) is 0 Å². The largest absolute Gasteiger partial charge is 0.480 e. The Labute approximate surface area is 90.5 Å². The Kier molecular flexibility index (Phi) is 3.99. The molecule has 0 spiro atoms. The van der Waals surface area contributed by atoms with Crippen LogP contribution in [0.25, 0.3) is 0 Å². The molecule has 15 heavy (non-hydrogen) atoms. The normalized spacial score (nSPS) is 11.7. The molecule has 0 saturated heterocycles. The number of carbonyl (C=O) groups excluding carboxylic acids is 1. The third-order valence-electron chi connectivity index (χ3n) is 1.66. The maximum atomic E-state index is 11.5. The zero-order valence-corrected chi connectivity index (χ0v) is 8.66. The van der Waals surface area contributed by atoms with Gasteiger partial charge in [0, 0.05) is 0 Å². The van der Waals surface area contributed by atoms with Crippen molar-refractivity contribution in [1.29, 1.82) is 0 Å². The van der Waals surface area contributed by atoms with Gasteiger partial charge in [-0.2, -0.15) is 0 Å². The highest BCUT2D eigenvalue weighted by molar-refractivity contribution is 7.11. The molecule has 1 atom stereocenters. The lowest BCUT2D eigenvalue weighted by Gasteiger charge is -2.10. The fourth-order valence-corrected chi connectivity index (χ4v) is 1.47. The van der Waals surface area contributed by atoms with Crippen LogP contribution in [-0.2, 0) is 4.79 Å². The number of rotatable bonds is 5. The van der Waals surface area contributed by atoms with Gasteiger partial charge in [-0.3, -0.25) is 9.78 Å². The molecule has 6 heteroatoms. The van der Waals surface area contributed by atoms with Gasteiger partial charge in [0.15, 0.2) is 0 Å². The highest BCUT2D eigenvalue weighted by atomic mass is 32.1. The van der Waals surface area contributed by atoms with Crippen molar-refractivity contribution in [3.05, 3.63) is 29.2 Å². The number of nitrogens with zero attached hydrogens (tertiary/aromatic N) is 1. The van der Waals surface area contributed by atoms with Crippen LogP contribution in [0.5, 0.6) is 0 Å².